The van der Waals surface area contributed by atoms with E-state index < -0.39 is 11.7 Å². The Morgan fingerprint density at radius 1 is 1.09 bits per heavy atom. The van der Waals surface area contributed by atoms with Crippen LogP contribution in [0.25, 0.3) is 11.4 Å². The molecule has 1 unspecified atom stereocenters. The van der Waals surface area contributed by atoms with Crippen LogP contribution in [0, 0.1) is 0 Å². The normalized spacial score (nSPS) is 12.3. The van der Waals surface area contributed by atoms with Crippen molar-refractivity contribution in [1.82, 2.24) is 15.0 Å². The van der Waals surface area contributed by atoms with Crippen molar-refractivity contribution in [3.8, 4) is 22.9 Å². The summed E-state index contributed by atoms with van der Waals surface area (Å²) < 4.78 is 54.4. The summed E-state index contributed by atoms with van der Waals surface area (Å²) in [6.45, 7) is 4.08. The average Bonchev–Trinajstić information content (AvgIpc) is 3.31. The van der Waals surface area contributed by atoms with Crippen molar-refractivity contribution in [2.24, 2.45) is 0 Å². The fourth-order valence-electron chi connectivity index (χ4n) is 3.38. The predicted octanol–water partition coefficient (Wildman–Crippen LogP) is 5.26. The Labute approximate surface area is 195 Å². The fourth-order valence-corrected chi connectivity index (χ4v) is 3.38. The number of amides is 1. The Bertz CT molecular complexity index is 1110. The van der Waals surface area contributed by atoms with Gasteiger partial charge in [-0.1, -0.05) is 12.1 Å². The zero-order valence-corrected chi connectivity index (χ0v) is 19.3. The summed E-state index contributed by atoms with van der Waals surface area (Å²) in [5, 5.41) is 4.00. The lowest BCUT2D eigenvalue weighted by atomic mass is 10.1. The Hall–Kier alpha value is -3.56. The number of hydrogen-bond donors (Lipinski definition) is 0. The number of carbonyl (C=O) groups is 1. The van der Waals surface area contributed by atoms with Crippen LogP contribution >= 0.6 is 0 Å². The molecule has 0 saturated heterocycles. The number of carbonyl (C=O) groups excluding carboxylic acids is 1. The molecule has 10 heteroatoms. The summed E-state index contributed by atoms with van der Waals surface area (Å²) in [6, 6.07) is 9.32. The van der Waals surface area contributed by atoms with Gasteiger partial charge in [0.25, 0.3) is 5.91 Å². The van der Waals surface area contributed by atoms with Crippen LogP contribution in [0.4, 0.5) is 13.2 Å². The fraction of sp³-hybridized carbons (Fsp3) is 0.375. The molecule has 0 saturated carbocycles. The van der Waals surface area contributed by atoms with Crippen molar-refractivity contribution in [1.29, 1.82) is 0 Å². The SMILES string of the molecule is CCC(C)N(CCc1nc(-c2ccc(OC)c(OC)c2)no1)C(=O)c1ccc(C(F)(F)F)cc1. The highest BCUT2D eigenvalue weighted by Gasteiger charge is 2.30. The van der Waals surface area contributed by atoms with Crippen molar-refractivity contribution in [2.45, 2.75) is 38.9 Å². The highest BCUT2D eigenvalue weighted by Crippen LogP contribution is 2.31. The average molecular weight is 477 g/mol. The lowest BCUT2D eigenvalue weighted by Crippen LogP contribution is -2.39. The molecule has 0 aliphatic rings. The second-order valence-corrected chi connectivity index (χ2v) is 7.66. The zero-order chi connectivity index (χ0) is 24.9. The first-order valence-corrected chi connectivity index (χ1v) is 10.7. The maximum atomic E-state index is 13.0. The lowest BCUT2D eigenvalue weighted by molar-refractivity contribution is -0.137. The van der Waals surface area contributed by atoms with Gasteiger partial charge in [0.15, 0.2) is 11.5 Å². The number of benzene rings is 2. The van der Waals surface area contributed by atoms with Crippen LogP contribution in [0.1, 0.15) is 42.1 Å². The van der Waals surface area contributed by atoms with Crippen LogP contribution < -0.4 is 9.47 Å². The van der Waals surface area contributed by atoms with E-state index in [1.165, 1.54) is 19.2 Å². The third-order valence-corrected chi connectivity index (χ3v) is 5.52. The summed E-state index contributed by atoms with van der Waals surface area (Å²) in [7, 11) is 3.07. The molecule has 7 nitrogen and oxygen atoms in total. The maximum absolute atomic E-state index is 13.0. The molecule has 0 radical (unpaired) electrons. The number of nitrogens with zero attached hydrogens (tertiary/aromatic N) is 3. The summed E-state index contributed by atoms with van der Waals surface area (Å²) >= 11 is 0. The minimum atomic E-state index is -4.46. The molecule has 34 heavy (non-hydrogen) atoms. The highest BCUT2D eigenvalue weighted by molar-refractivity contribution is 5.94. The van der Waals surface area contributed by atoms with E-state index in [0.717, 1.165) is 12.1 Å². The second-order valence-electron chi connectivity index (χ2n) is 7.66. The van der Waals surface area contributed by atoms with E-state index in [0.29, 0.717) is 35.2 Å². The molecular formula is C24H26F3N3O4. The van der Waals surface area contributed by atoms with Crippen LogP contribution in [-0.4, -0.2) is 47.8 Å². The van der Waals surface area contributed by atoms with Crippen molar-refractivity contribution >= 4 is 5.91 Å². The predicted molar refractivity (Wildman–Crippen MR) is 119 cm³/mol. The summed E-state index contributed by atoms with van der Waals surface area (Å²) in [5.74, 6) is 1.43. The molecule has 1 aromatic heterocycles. The third-order valence-electron chi connectivity index (χ3n) is 5.52. The van der Waals surface area contributed by atoms with Crippen LogP contribution in [-0.2, 0) is 12.6 Å². The minimum Gasteiger partial charge on any atom is -0.493 e. The van der Waals surface area contributed by atoms with Gasteiger partial charge in [0.05, 0.1) is 19.8 Å². The molecule has 0 N–H and O–H groups in total. The van der Waals surface area contributed by atoms with Gasteiger partial charge in [0.1, 0.15) is 0 Å². The second kappa shape index (κ2) is 10.6. The van der Waals surface area contributed by atoms with Crippen LogP contribution in [0.15, 0.2) is 47.0 Å². The van der Waals surface area contributed by atoms with Crippen molar-refractivity contribution in [3.05, 3.63) is 59.5 Å². The summed E-state index contributed by atoms with van der Waals surface area (Å²) in [4.78, 5) is 19.0. The van der Waals surface area contributed by atoms with Crippen molar-refractivity contribution < 1.29 is 32.0 Å². The van der Waals surface area contributed by atoms with Gasteiger partial charge >= 0.3 is 6.18 Å². The molecule has 3 aromatic rings. The lowest BCUT2D eigenvalue weighted by Gasteiger charge is -2.28. The first-order valence-electron chi connectivity index (χ1n) is 10.7. The minimum absolute atomic E-state index is 0.136. The number of aromatic nitrogens is 2. The molecular weight excluding hydrogens is 451 g/mol. The molecule has 0 fully saturated rings. The first kappa shape index (κ1) is 25.1. The molecule has 0 aliphatic carbocycles. The van der Waals surface area contributed by atoms with E-state index in [1.807, 2.05) is 13.8 Å². The molecule has 3 rings (SSSR count). The highest BCUT2D eigenvalue weighted by atomic mass is 19.4. The van der Waals surface area contributed by atoms with Gasteiger partial charge in [-0.2, -0.15) is 18.2 Å². The van der Waals surface area contributed by atoms with Crippen LogP contribution in [0.5, 0.6) is 11.5 Å². The van der Waals surface area contributed by atoms with Gasteiger partial charge in [0.2, 0.25) is 11.7 Å². The molecule has 0 spiro atoms. The number of alkyl halides is 3. The van der Waals surface area contributed by atoms with Crippen LogP contribution in [0.2, 0.25) is 0 Å². The van der Waals surface area contributed by atoms with Gasteiger partial charge in [-0.3, -0.25) is 4.79 Å². The summed E-state index contributed by atoms with van der Waals surface area (Å²) in [5.41, 5.74) is 0.0600. The van der Waals surface area contributed by atoms with Crippen molar-refractivity contribution in [2.75, 3.05) is 20.8 Å². The first-order chi connectivity index (χ1) is 16.2. The zero-order valence-electron chi connectivity index (χ0n) is 19.3. The monoisotopic (exact) mass is 477 g/mol. The molecule has 1 heterocycles. The maximum Gasteiger partial charge on any atom is 0.416 e. The van der Waals surface area contributed by atoms with Gasteiger partial charge in [0, 0.05) is 30.1 Å². The Morgan fingerprint density at radius 2 is 1.76 bits per heavy atom. The van der Waals surface area contributed by atoms with Crippen LogP contribution in [0.3, 0.4) is 0 Å². The summed E-state index contributed by atoms with van der Waals surface area (Å²) in [6.07, 6.45) is -3.49. The standard InChI is InChI=1S/C24H26F3N3O4/c1-5-15(2)30(23(31)16-6-9-18(10-7-16)24(25,26)27)13-12-21-28-22(29-34-21)17-8-11-19(32-3)20(14-17)33-4/h6-11,14-15H,5,12-13H2,1-4H3. The number of halogens is 3. The van der Waals surface area contributed by atoms with E-state index >= 15 is 0 Å². The number of hydrogen-bond acceptors (Lipinski definition) is 6. The van der Waals surface area contributed by atoms with Gasteiger partial charge < -0.3 is 18.9 Å². The van der Waals surface area contributed by atoms with Crippen molar-refractivity contribution in [3.63, 3.8) is 0 Å². The Morgan fingerprint density at radius 3 is 2.35 bits per heavy atom. The number of rotatable bonds is 9. The largest absolute Gasteiger partial charge is 0.493 e. The van der Waals surface area contributed by atoms with E-state index in [1.54, 1.807) is 30.2 Å². The van der Waals surface area contributed by atoms with E-state index in [4.69, 9.17) is 14.0 Å². The Kier molecular flexibility index (Phi) is 7.80. The Balaban J connectivity index is 1.74. The topological polar surface area (TPSA) is 77.7 Å². The number of ether oxygens (including phenoxy) is 2. The quantitative estimate of drug-likeness (QED) is 0.419. The molecule has 1 amide bonds. The van der Waals surface area contributed by atoms with Gasteiger partial charge in [-0.05, 0) is 55.8 Å². The number of methoxy groups -OCH3 is 2. The molecule has 2 aromatic carbocycles. The smallest absolute Gasteiger partial charge is 0.416 e. The molecule has 1 atom stereocenters. The third kappa shape index (κ3) is 5.67. The van der Waals surface area contributed by atoms with E-state index in [2.05, 4.69) is 10.1 Å². The van der Waals surface area contributed by atoms with E-state index in [9.17, 15) is 18.0 Å². The molecule has 0 aliphatic heterocycles. The van der Waals surface area contributed by atoms with E-state index in [-0.39, 0.29) is 30.5 Å². The molecule has 182 valence electrons. The molecule has 0 bridgehead atoms. The van der Waals surface area contributed by atoms with Gasteiger partial charge in [-0.25, -0.2) is 0 Å². The van der Waals surface area contributed by atoms with Gasteiger partial charge in [-0.15, -0.1) is 0 Å².